The standard InChI is InChI=1S/C15H10ClN3/c16-12-3-1-11(2-4-12)10-19-8-7-14-15(19)6-5-13(9-17)18-14/h1-8H,10H2. The molecule has 0 aliphatic carbocycles. The first-order chi connectivity index (χ1) is 9.26. The first-order valence-electron chi connectivity index (χ1n) is 5.87. The largest absolute Gasteiger partial charge is 0.342 e. The van der Waals surface area contributed by atoms with Crippen molar-refractivity contribution in [3.63, 3.8) is 0 Å². The van der Waals surface area contributed by atoms with Gasteiger partial charge in [-0.25, -0.2) is 4.98 Å². The zero-order valence-corrected chi connectivity index (χ0v) is 10.8. The fourth-order valence-corrected chi connectivity index (χ4v) is 2.19. The lowest BCUT2D eigenvalue weighted by Gasteiger charge is -2.05. The number of hydrogen-bond acceptors (Lipinski definition) is 2. The van der Waals surface area contributed by atoms with Crippen LogP contribution in [0.3, 0.4) is 0 Å². The van der Waals surface area contributed by atoms with E-state index in [-0.39, 0.29) is 0 Å². The minimum atomic E-state index is 0.441. The van der Waals surface area contributed by atoms with Crippen LogP contribution in [0.15, 0.2) is 48.7 Å². The second-order valence-electron chi connectivity index (χ2n) is 4.28. The van der Waals surface area contributed by atoms with Gasteiger partial charge in [-0.1, -0.05) is 23.7 Å². The number of aromatic nitrogens is 2. The lowest BCUT2D eigenvalue weighted by molar-refractivity contribution is 0.836. The highest BCUT2D eigenvalue weighted by molar-refractivity contribution is 6.30. The van der Waals surface area contributed by atoms with E-state index in [1.807, 2.05) is 48.7 Å². The van der Waals surface area contributed by atoms with E-state index in [2.05, 4.69) is 9.55 Å². The topological polar surface area (TPSA) is 41.6 Å². The number of fused-ring (bicyclic) bond motifs is 1. The van der Waals surface area contributed by atoms with Gasteiger partial charge in [0.05, 0.1) is 11.0 Å². The van der Waals surface area contributed by atoms with E-state index in [1.165, 1.54) is 5.56 Å². The number of nitriles is 1. The van der Waals surface area contributed by atoms with Gasteiger partial charge in [0, 0.05) is 17.8 Å². The monoisotopic (exact) mass is 267 g/mol. The molecule has 2 aromatic heterocycles. The average molecular weight is 268 g/mol. The molecule has 3 aromatic rings. The van der Waals surface area contributed by atoms with Gasteiger partial charge in [0.15, 0.2) is 0 Å². The molecule has 0 aliphatic rings. The quantitative estimate of drug-likeness (QED) is 0.712. The average Bonchev–Trinajstić information content (AvgIpc) is 2.83. The van der Waals surface area contributed by atoms with Gasteiger partial charge < -0.3 is 4.57 Å². The zero-order chi connectivity index (χ0) is 13.2. The fourth-order valence-electron chi connectivity index (χ4n) is 2.06. The molecular weight excluding hydrogens is 258 g/mol. The number of rotatable bonds is 2. The fraction of sp³-hybridized carbons (Fsp3) is 0.0667. The molecule has 92 valence electrons. The number of hydrogen-bond donors (Lipinski definition) is 0. The molecule has 0 N–H and O–H groups in total. The maximum Gasteiger partial charge on any atom is 0.141 e. The summed E-state index contributed by atoms with van der Waals surface area (Å²) in [5.74, 6) is 0. The molecular formula is C15H10ClN3. The third kappa shape index (κ3) is 2.31. The summed E-state index contributed by atoms with van der Waals surface area (Å²) in [5, 5.41) is 9.57. The molecule has 3 rings (SSSR count). The van der Waals surface area contributed by atoms with Crippen molar-refractivity contribution in [2.45, 2.75) is 6.54 Å². The molecule has 0 saturated carbocycles. The van der Waals surface area contributed by atoms with Crippen LogP contribution in [0.5, 0.6) is 0 Å². The Morgan fingerprint density at radius 2 is 1.89 bits per heavy atom. The summed E-state index contributed by atoms with van der Waals surface area (Å²) in [6, 6.07) is 15.4. The van der Waals surface area contributed by atoms with Crippen LogP contribution in [0.4, 0.5) is 0 Å². The molecule has 0 atom stereocenters. The van der Waals surface area contributed by atoms with Crippen LogP contribution >= 0.6 is 11.6 Å². The van der Waals surface area contributed by atoms with Crippen LogP contribution in [0.2, 0.25) is 5.02 Å². The molecule has 0 unspecified atom stereocenters. The van der Waals surface area contributed by atoms with Crippen molar-refractivity contribution < 1.29 is 0 Å². The Morgan fingerprint density at radius 1 is 1.11 bits per heavy atom. The van der Waals surface area contributed by atoms with Gasteiger partial charge in [-0.05, 0) is 35.9 Å². The molecule has 1 aromatic carbocycles. The van der Waals surface area contributed by atoms with Gasteiger partial charge in [-0.3, -0.25) is 0 Å². The minimum Gasteiger partial charge on any atom is -0.342 e. The van der Waals surface area contributed by atoms with Crippen LogP contribution < -0.4 is 0 Å². The number of pyridine rings is 1. The van der Waals surface area contributed by atoms with Crippen molar-refractivity contribution in [1.82, 2.24) is 9.55 Å². The Hall–Kier alpha value is -2.31. The molecule has 2 heterocycles. The molecule has 19 heavy (non-hydrogen) atoms. The lowest BCUT2D eigenvalue weighted by Crippen LogP contribution is -1.97. The van der Waals surface area contributed by atoms with Gasteiger partial charge in [0.2, 0.25) is 0 Å². The van der Waals surface area contributed by atoms with Crippen LogP contribution in [0.25, 0.3) is 11.0 Å². The van der Waals surface area contributed by atoms with E-state index in [1.54, 1.807) is 6.07 Å². The molecule has 0 saturated heterocycles. The zero-order valence-electron chi connectivity index (χ0n) is 10.0. The molecule has 0 amide bonds. The van der Waals surface area contributed by atoms with Crippen molar-refractivity contribution in [3.8, 4) is 6.07 Å². The van der Waals surface area contributed by atoms with Crippen LogP contribution in [-0.2, 0) is 6.54 Å². The molecule has 0 bridgehead atoms. The van der Waals surface area contributed by atoms with Gasteiger partial charge in [0.1, 0.15) is 11.8 Å². The lowest BCUT2D eigenvalue weighted by atomic mass is 10.2. The Balaban J connectivity index is 1.97. The third-order valence-corrected chi connectivity index (χ3v) is 3.26. The van der Waals surface area contributed by atoms with Crippen LogP contribution in [0, 0.1) is 11.3 Å². The summed E-state index contributed by atoms with van der Waals surface area (Å²) >= 11 is 5.87. The smallest absolute Gasteiger partial charge is 0.141 e. The predicted molar refractivity (Wildman–Crippen MR) is 75.0 cm³/mol. The summed E-state index contributed by atoms with van der Waals surface area (Å²) < 4.78 is 2.10. The van der Waals surface area contributed by atoms with Crippen molar-refractivity contribution in [2.24, 2.45) is 0 Å². The highest BCUT2D eigenvalue weighted by Crippen LogP contribution is 2.17. The third-order valence-electron chi connectivity index (χ3n) is 3.00. The van der Waals surface area contributed by atoms with Crippen molar-refractivity contribution in [2.75, 3.05) is 0 Å². The Bertz CT molecular complexity index is 766. The van der Waals surface area contributed by atoms with Gasteiger partial charge in [0.25, 0.3) is 0 Å². The SMILES string of the molecule is N#Cc1ccc2c(ccn2Cc2ccc(Cl)cc2)n1. The first-order valence-corrected chi connectivity index (χ1v) is 6.24. The summed E-state index contributed by atoms with van der Waals surface area (Å²) in [4.78, 5) is 4.27. The molecule has 0 spiro atoms. The van der Waals surface area contributed by atoms with E-state index < -0.39 is 0 Å². The predicted octanol–water partition coefficient (Wildman–Crippen LogP) is 3.61. The highest BCUT2D eigenvalue weighted by Gasteiger charge is 2.04. The van der Waals surface area contributed by atoms with Crippen molar-refractivity contribution in [1.29, 1.82) is 5.26 Å². The van der Waals surface area contributed by atoms with Gasteiger partial charge in [-0.2, -0.15) is 5.26 Å². The normalized spacial score (nSPS) is 10.5. The first kappa shape index (κ1) is 11.8. The van der Waals surface area contributed by atoms with Crippen molar-refractivity contribution >= 4 is 22.6 Å². The number of benzene rings is 1. The molecule has 0 radical (unpaired) electrons. The summed E-state index contributed by atoms with van der Waals surface area (Å²) in [6.45, 7) is 0.758. The Kier molecular flexibility index (Phi) is 2.94. The summed E-state index contributed by atoms with van der Waals surface area (Å²) in [5.41, 5.74) is 3.48. The van der Waals surface area contributed by atoms with E-state index in [0.29, 0.717) is 5.69 Å². The Morgan fingerprint density at radius 3 is 2.63 bits per heavy atom. The van der Waals surface area contributed by atoms with E-state index in [0.717, 1.165) is 22.6 Å². The van der Waals surface area contributed by atoms with Crippen LogP contribution in [0.1, 0.15) is 11.3 Å². The van der Waals surface area contributed by atoms with E-state index >= 15 is 0 Å². The second kappa shape index (κ2) is 4.75. The number of halogens is 1. The maximum atomic E-state index is 8.83. The van der Waals surface area contributed by atoms with Crippen LogP contribution in [-0.4, -0.2) is 9.55 Å². The summed E-state index contributed by atoms with van der Waals surface area (Å²) in [7, 11) is 0. The maximum absolute atomic E-state index is 8.83. The highest BCUT2D eigenvalue weighted by atomic mass is 35.5. The van der Waals surface area contributed by atoms with Crippen molar-refractivity contribution in [3.05, 3.63) is 64.9 Å². The molecule has 4 heteroatoms. The Labute approximate surface area is 115 Å². The minimum absolute atomic E-state index is 0.441. The summed E-state index contributed by atoms with van der Waals surface area (Å²) in [6.07, 6.45) is 1.98. The van der Waals surface area contributed by atoms with Gasteiger partial charge in [-0.15, -0.1) is 0 Å². The molecule has 3 nitrogen and oxygen atoms in total. The second-order valence-corrected chi connectivity index (χ2v) is 4.72. The number of nitrogens with zero attached hydrogens (tertiary/aromatic N) is 3. The van der Waals surface area contributed by atoms with E-state index in [4.69, 9.17) is 16.9 Å². The van der Waals surface area contributed by atoms with Gasteiger partial charge >= 0.3 is 0 Å². The molecule has 0 fully saturated rings. The van der Waals surface area contributed by atoms with E-state index in [9.17, 15) is 0 Å². The molecule has 0 aliphatic heterocycles.